The maximum atomic E-state index is 14.1. The van der Waals surface area contributed by atoms with E-state index in [1.807, 2.05) is 0 Å². The summed E-state index contributed by atoms with van der Waals surface area (Å²) in [5, 5.41) is 6.62. The van der Waals surface area contributed by atoms with E-state index in [9.17, 15) is 13.6 Å². The Kier molecular flexibility index (Phi) is 4.37. The fraction of sp³-hybridized carbons (Fsp3) is 0.111. The molecular weight excluding hydrogens is 312 g/mol. The van der Waals surface area contributed by atoms with Crippen LogP contribution in [0.1, 0.15) is 16.1 Å². The zero-order valence-electron chi connectivity index (χ0n) is 13.0. The molecule has 0 saturated heterocycles. The molecule has 2 aromatic carbocycles. The van der Waals surface area contributed by atoms with Gasteiger partial charge in [0.2, 0.25) is 0 Å². The summed E-state index contributed by atoms with van der Waals surface area (Å²) in [7, 11) is 1.61. The molecule has 0 bridgehead atoms. The van der Waals surface area contributed by atoms with Gasteiger partial charge in [-0.15, -0.1) is 0 Å². The number of halogens is 2. The average molecular weight is 327 g/mol. The van der Waals surface area contributed by atoms with Crippen molar-refractivity contribution in [2.75, 3.05) is 5.32 Å². The van der Waals surface area contributed by atoms with Crippen molar-refractivity contribution in [3.8, 4) is 11.1 Å². The second-order valence-corrected chi connectivity index (χ2v) is 5.28. The van der Waals surface area contributed by atoms with Gasteiger partial charge in [0, 0.05) is 30.1 Å². The molecule has 0 atom stereocenters. The number of hydrogen-bond acceptors (Lipinski definition) is 2. The number of para-hydroxylation sites is 1. The molecule has 1 heterocycles. The number of anilines is 1. The van der Waals surface area contributed by atoms with Crippen LogP contribution >= 0.6 is 0 Å². The number of aryl methyl sites for hydroxylation is 1. The van der Waals surface area contributed by atoms with Gasteiger partial charge in [0.1, 0.15) is 18.2 Å². The van der Waals surface area contributed by atoms with Crippen LogP contribution in [0.2, 0.25) is 0 Å². The topological polar surface area (TPSA) is 46.9 Å². The number of amides is 1. The average Bonchev–Trinajstić information content (AvgIpc) is 2.97. The summed E-state index contributed by atoms with van der Waals surface area (Å²) in [5.74, 6) is -0.871. The van der Waals surface area contributed by atoms with E-state index in [0.29, 0.717) is 16.8 Å². The van der Waals surface area contributed by atoms with E-state index in [1.54, 1.807) is 49.5 Å². The van der Waals surface area contributed by atoms with E-state index in [-0.39, 0.29) is 17.1 Å². The lowest BCUT2D eigenvalue weighted by Gasteiger charge is -2.11. The lowest BCUT2D eigenvalue weighted by atomic mass is 10.0. The Morgan fingerprint density at radius 2 is 1.79 bits per heavy atom. The first kappa shape index (κ1) is 15.9. The molecule has 0 aliphatic heterocycles. The van der Waals surface area contributed by atoms with Crippen LogP contribution in [0, 0.1) is 5.82 Å². The quantitative estimate of drug-likeness (QED) is 0.789. The number of nitrogens with one attached hydrogen (secondary N) is 1. The van der Waals surface area contributed by atoms with Crippen LogP contribution in [-0.4, -0.2) is 15.7 Å². The first-order valence-electron chi connectivity index (χ1n) is 7.34. The Bertz CT molecular complexity index is 889. The molecule has 0 spiro atoms. The highest BCUT2D eigenvalue weighted by Crippen LogP contribution is 2.30. The molecule has 3 rings (SSSR count). The molecule has 0 radical (unpaired) electrons. The van der Waals surface area contributed by atoms with Gasteiger partial charge in [0.05, 0.1) is 5.56 Å². The number of hydrogen-bond donors (Lipinski definition) is 1. The lowest BCUT2D eigenvalue weighted by molar-refractivity contribution is 0.102. The summed E-state index contributed by atoms with van der Waals surface area (Å²) in [5.41, 5.74) is 1.60. The van der Waals surface area contributed by atoms with Gasteiger partial charge in [-0.25, -0.2) is 8.78 Å². The van der Waals surface area contributed by atoms with Crippen molar-refractivity contribution in [1.29, 1.82) is 0 Å². The summed E-state index contributed by atoms with van der Waals surface area (Å²) >= 11 is 0. The first-order chi connectivity index (χ1) is 11.6. The first-order valence-corrected chi connectivity index (χ1v) is 7.34. The lowest BCUT2D eigenvalue weighted by Crippen LogP contribution is -2.13. The molecule has 0 unspecified atom stereocenters. The Balaban J connectivity index is 1.97. The molecule has 24 heavy (non-hydrogen) atoms. The SMILES string of the molecule is Cn1cc(C(=O)Nc2ccccc2-c2ccccc2F)c(CF)n1. The molecular formula is C18H15F2N3O. The fourth-order valence-corrected chi connectivity index (χ4v) is 2.52. The van der Waals surface area contributed by atoms with Crippen molar-refractivity contribution in [1.82, 2.24) is 9.78 Å². The van der Waals surface area contributed by atoms with Gasteiger partial charge in [-0.3, -0.25) is 9.48 Å². The van der Waals surface area contributed by atoms with Crippen molar-refractivity contribution in [2.24, 2.45) is 7.05 Å². The smallest absolute Gasteiger partial charge is 0.259 e. The van der Waals surface area contributed by atoms with Crippen LogP contribution in [0.3, 0.4) is 0 Å². The van der Waals surface area contributed by atoms with Gasteiger partial charge in [0.25, 0.3) is 5.91 Å². The van der Waals surface area contributed by atoms with Crippen molar-refractivity contribution < 1.29 is 13.6 Å². The van der Waals surface area contributed by atoms with E-state index >= 15 is 0 Å². The van der Waals surface area contributed by atoms with E-state index in [4.69, 9.17) is 0 Å². The minimum Gasteiger partial charge on any atom is -0.321 e. The van der Waals surface area contributed by atoms with Crippen LogP contribution < -0.4 is 5.32 Å². The largest absolute Gasteiger partial charge is 0.321 e. The maximum absolute atomic E-state index is 14.1. The van der Waals surface area contributed by atoms with Crippen LogP contribution in [0.5, 0.6) is 0 Å². The number of nitrogens with zero attached hydrogens (tertiary/aromatic N) is 2. The molecule has 1 aromatic heterocycles. The second-order valence-electron chi connectivity index (χ2n) is 5.28. The van der Waals surface area contributed by atoms with E-state index in [0.717, 1.165) is 0 Å². The summed E-state index contributed by atoms with van der Waals surface area (Å²) in [6.45, 7) is -0.835. The van der Waals surface area contributed by atoms with Gasteiger partial charge in [-0.2, -0.15) is 5.10 Å². The predicted molar refractivity (Wildman–Crippen MR) is 87.8 cm³/mol. The van der Waals surface area contributed by atoms with E-state index in [1.165, 1.54) is 16.9 Å². The molecule has 4 nitrogen and oxygen atoms in total. The molecule has 1 amide bonds. The Morgan fingerprint density at radius 1 is 1.12 bits per heavy atom. The normalized spacial score (nSPS) is 10.6. The standard InChI is InChI=1S/C18H15F2N3O/c1-23-11-14(17(10-19)22-23)18(24)21-16-9-5-3-7-13(16)12-6-2-4-8-15(12)20/h2-9,11H,10H2,1H3,(H,21,24). The van der Waals surface area contributed by atoms with Gasteiger partial charge in [-0.1, -0.05) is 36.4 Å². The molecule has 3 aromatic rings. The van der Waals surface area contributed by atoms with Gasteiger partial charge >= 0.3 is 0 Å². The monoisotopic (exact) mass is 327 g/mol. The van der Waals surface area contributed by atoms with Crippen molar-refractivity contribution in [3.05, 3.63) is 71.8 Å². The van der Waals surface area contributed by atoms with Gasteiger partial charge in [-0.05, 0) is 12.1 Å². The number of benzene rings is 2. The molecule has 0 aliphatic carbocycles. The third-order valence-electron chi connectivity index (χ3n) is 3.62. The summed E-state index contributed by atoms with van der Waals surface area (Å²) < 4.78 is 28.4. The highest BCUT2D eigenvalue weighted by molar-refractivity contribution is 6.06. The van der Waals surface area contributed by atoms with Gasteiger partial charge in [0.15, 0.2) is 0 Å². The van der Waals surface area contributed by atoms with Crippen LogP contribution in [-0.2, 0) is 13.7 Å². The summed E-state index contributed by atoms with van der Waals surface area (Å²) in [4.78, 5) is 12.5. The number of rotatable bonds is 4. The van der Waals surface area contributed by atoms with E-state index < -0.39 is 12.6 Å². The van der Waals surface area contributed by atoms with Gasteiger partial charge < -0.3 is 5.32 Å². The van der Waals surface area contributed by atoms with Crippen molar-refractivity contribution >= 4 is 11.6 Å². The van der Waals surface area contributed by atoms with E-state index in [2.05, 4.69) is 10.4 Å². The van der Waals surface area contributed by atoms with Crippen LogP contribution in [0.15, 0.2) is 54.7 Å². The van der Waals surface area contributed by atoms with Crippen LogP contribution in [0.25, 0.3) is 11.1 Å². The highest BCUT2D eigenvalue weighted by atomic mass is 19.1. The summed E-state index contributed by atoms with van der Waals surface area (Å²) in [6.07, 6.45) is 1.45. The Labute approximate surface area is 137 Å². The number of carbonyl (C=O) groups excluding carboxylic acids is 1. The van der Waals surface area contributed by atoms with Crippen molar-refractivity contribution in [3.63, 3.8) is 0 Å². The van der Waals surface area contributed by atoms with Crippen LogP contribution in [0.4, 0.5) is 14.5 Å². The second kappa shape index (κ2) is 6.62. The Morgan fingerprint density at radius 3 is 2.50 bits per heavy atom. The number of alkyl halides is 1. The van der Waals surface area contributed by atoms with Crippen molar-refractivity contribution in [2.45, 2.75) is 6.67 Å². The minimum absolute atomic E-state index is 0.0679. The maximum Gasteiger partial charge on any atom is 0.259 e. The third kappa shape index (κ3) is 3.03. The number of carbonyl (C=O) groups is 1. The molecule has 1 N–H and O–H groups in total. The molecule has 0 aliphatic rings. The molecule has 122 valence electrons. The number of aromatic nitrogens is 2. The molecule has 0 saturated carbocycles. The summed E-state index contributed by atoms with van der Waals surface area (Å²) in [6, 6.07) is 13.2. The minimum atomic E-state index is -0.835. The fourth-order valence-electron chi connectivity index (χ4n) is 2.52. The highest BCUT2D eigenvalue weighted by Gasteiger charge is 2.17. The third-order valence-corrected chi connectivity index (χ3v) is 3.62. The predicted octanol–water partition coefficient (Wildman–Crippen LogP) is 3.95. The molecule has 6 heteroatoms. The zero-order chi connectivity index (χ0) is 17.1. The zero-order valence-corrected chi connectivity index (χ0v) is 13.0. The molecule has 0 fully saturated rings. The Hall–Kier alpha value is -3.02.